The molecule has 0 aromatic heterocycles. The highest BCUT2D eigenvalue weighted by molar-refractivity contribution is 7.91. The minimum atomic E-state index is -3.60. The summed E-state index contributed by atoms with van der Waals surface area (Å²) in [4.78, 5) is 0.146. The fraction of sp³-hybridized carbons (Fsp3) is 0.625. The van der Waals surface area contributed by atoms with E-state index in [-0.39, 0.29) is 33.5 Å². The van der Waals surface area contributed by atoms with E-state index in [1.165, 1.54) is 4.31 Å². The van der Waals surface area contributed by atoms with Crippen molar-refractivity contribution < 1.29 is 16.8 Å². The number of sulfonamides is 1. The van der Waals surface area contributed by atoms with Gasteiger partial charge >= 0.3 is 0 Å². The van der Waals surface area contributed by atoms with E-state index < -0.39 is 19.9 Å². The Morgan fingerprint density at radius 2 is 1.84 bits per heavy atom. The average molecular weight is 407 g/mol. The summed E-state index contributed by atoms with van der Waals surface area (Å²) in [6.45, 7) is 2.68. The van der Waals surface area contributed by atoms with Crippen molar-refractivity contribution in [2.45, 2.75) is 43.2 Å². The number of piperidine rings is 1. The van der Waals surface area contributed by atoms with E-state index in [0.29, 0.717) is 32.4 Å². The number of nitrogens with one attached hydrogen (secondary N) is 1. The van der Waals surface area contributed by atoms with Gasteiger partial charge in [0, 0.05) is 25.2 Å². The maximum absolute atomic E-state index is 12.8. The zero-order valence-electron chi connectivity index (χ0n) is 14.1. The summed E-state index contributed by atoms with van der Waals surface area (Å²) in [5.74, 6) is 0.425. The number of nitrogens with zero attached hydrogens (tertiary/aromatic N) is 1. The first-order valence-corrected chi connectivity index (χ1v) is 12.0. The Hall–Kier alpha value is -0.670. The SMILES string of the molecule is Cc1ccc(S(=O)(=O)N2CCC(N[C@@H]3CCS(=O)(=O)C3)CC2)c(Cl)c1. The van der Waals surface area contributed by atoms with E-state index in [9.17, 15) is 16.8 Å². The third-order valence-corrected chi connectivity index (χ3v) is 9.01. The zero-order chi connectivity index (χ0) is 18.2. The average Bonchev–Trinajstić information content (AvgIpc) is 2.86. The molecule has 140 valence electrons. The lowest BCUT2D eigenvalue weighted by Crippen LogP contribution is -2.48. The third kappa shape index (κ3) is 4.36. The number of aryl methyl sites for hydroxylation is 1. The van der Waals surface area contributed by atoms with Crippen molar-refractivity contribution in [3.8, 4) is 0 Å². The standard InChI is InChI=1S/C16H23ClN2O4S2/c1-12-2-3-16(15(17)10-12)25(22,23)19-7-4-13(5-8-19)18-14-6-9-24(20,21)11-14/h2-3,10,13-14,18H,4-9,11H2,1H3/t14-/m1/s1. The van der Waals surface area contributed by atoms with Gasteiger partial charge in [0.2, 0.25) is 10.0 Å². The fourth-order valence-electron chi connectivity index (χ4n) is 3.48. The van der Waals surface area contributed by atoms with Crippen molar-refractivity contribution in [1.82, 2.24) is 9.62 Å². The highest BCUT2D eigenvalue weighted by Crippen LogP contribution is 2.28. The molecule has 0 unspecified atom stereocenters. The Bertz CT molecular complexity index is 847. The van der Waals surface area contributed by atoms with E-state index in [1.54, 1.807) is 18.2 Å². The van der Waals surface area contributed by atoms with Gasteiger partial charge in [-0.1, -0.05) is 17.7 Å². The van der Waals surface area contributed by atoms with Crippen LogP contribution in [0.5, 0.6) is 0 Å². The molecule has 0 radical (unpaired) electrons. The van der Waals surface area contributed by atoms with Gasteiger partial charge in [0.15, 0.2) is 9.84 Å². The first-order valence-electron chi connectivity index (χ1n) is 8.40. The summed E-state index contributed by atoms with van der Waals surface area (Å²) in [7, 11) is -6.51. The number of hydrogen-bond donors (Lipinski definition) is 1. The number of hydrogen-bond acceptors (Lipinski definition) is 5. The topological polar surface area (TPSA) is 83.6 Å². The van der Waals surface area contributed by atoms with E-state index in [0.717, 1.165) is 5.56 Å². The summed E-state index contributed by atoms with van der Waals surface area (Å²) >= 11 is 6.13. The van der Waals surface area contributed by atoms with E-state index in [4.69, 9.17) is 11.6 Å². The van der Waals surface area contributed by atoms with E-state index in [1.807, 2.05) is 6.92 Å². The molecule has 3 rings (SSSR count). The molecule has 0 saturated carbocycles. The van der Waals surface area contributed by atoms with E-state index >= 15 is 0 Å². The molecule has 0 aliphatic carbocycles. The Labute approximate surface area is 154 Å². The molecule has 0 amide bonds. The van der Waals surface area contributed by atoms with Crippen LogP contribution in [0, 0.1) is 6.92 Å². The summed E-state index contributed by atoms with van der Waals surface area (Å²) in [5.41, 5.74) is 0.915. The quantitative estimate of drug-likeness (QED) is 0.820. The first-order chi connectivity index (χ1) is 11.7. The molecule has 2 heterocycles. The molecule has 1 N–H and O–H groups in total. The van der Waals surface area contributed by atoms with Gasteiger partial charge in [0.25, 0.3) is 0 Å². The van der Waals surface area contributed by atoms with Gasteiger partial charge in [-0.15, -0.1) is 0 Å². The summed E-state index contributed by atoms with van der Waals surface area (Å²) in [5, 5.41) is 3.62. The molecular weight excluding hydrogens is 384 g/mol. The van der Waals surface area contributed by atoms with Gasteiger partial charge < -0.3 is 5.32 Å². The van der Waals surface area contributed by atoms with Crippen LogP contribution in [-0.2, 0) is 19.9 Å². The highest BCUT2D eigenvalue weighted by atomic mass is 35.5. The molecule has 25 heavy (non-hydrogen) atoms. The van der Waals surface area contributed by atoms with Crippen LogP contribution in [0.2, 0.25) is 5.02 Å². The zero-order valence-corrected chi connectivity index (χ0v) is 16.5. The maximum atomic E-state index is 12.8. The molecule has 0 spiro atoms. The van der Waals surface area contributed by atoms with Crippen molar-refractivity contribution in [3.63, 3.8) is 0 Å². The Balaban J connectivity index is 1.62. The summed E-state index contributed by atoms with van der Waals surface area (Å²) in [6.07, 6.45) is 1.97. The molecule has 2 aliphatic heterocycles. The molecule has 1 aromatic carbocycles. The number of sulfone groups is 1. The fourth-order valence-corrected chi connectivity index (χ4v) is 7.21. The Morgan fingerprint density at radius 3 is 2.40 bits per heavy atom. The molecule has 9 heteroatoms. The normalized spacial score (nSPS) is 25.3. The molecule has 2 aliphatic rings. The second kappa shape index (κ2) is 7.15. The van der Waals surface area contributed by atoms with Crippen LogP contribution >= 0.6 is 11.6 Å². The maximum Gasteiger partial charge on any atom is 0.244 e. The minimum absolute atomic E-state index is 0.00954. The summed E-state index contributed by atoms with van der Waals surface area (Å²) < 4.78 is 50.1. The van der Waals surface area contributed by atoms with Crippen LogP contribution < -0.4 is 5.32 Å². The molecule has 6 nitrogen and oxygen atoms in total. The predicted molar refractivity (Wildman–Crippen MR) is 98.2 cm³/mol. The van der Waals surface area contributed by atoms with Gasteiger partial charge in [-0.3, -0.25) is 0 Å². The lowest BCUT2D eigenvalue weighted by Gasteiger charge is -2.33. The van der Waals surface area contributed by atoms with Crippen molar-refractivity contribution >= 4 is 31.5 Å². The van der Waals surface area contributed by atoms with Crippen LogP contribution in [0.3, 0.4) is 0 Å². The molecular formula is C16H23ClN2O4S2. The van der Waals surface area contributed by atoms with Gasteiger partial charge in [0.1, 0.15) is 4.90 Å². The molecule has 2 fully saturated rings. The Kier molecular flexibility index (Phi) is 5.46. The second-order valence-electron chi connectivity index (χ2n) is 6.88. The first kappa shape index (κ1) is 19.1. The van der Waals surface area contributed by atoms with Crippen LogP contribution in [0.15, 0.2) is 23.1 Å². The van der Waals surface area contributed by atoms with Crippen molar-refractivity contribution in [1.29, 1.82) is 0 Å². The molecule has 2 saturated heterocycles. The largest absolute Gasteiger partial charge is 0.310 e. The lowest BCUT2D eigenvalue weighted by atomic mass is 10.1. The third-order valence-electron chi connectivity index (χ3n) is 4.86. The van der Waals surface area contributed by atoms with Crippen LogP contribution in [0.1, 0.15) is 24.8 Å². The molecule has 1 atom stereocenters. The lowest BCUT2D eigenvalue weighted by molar-refractivity contribution is 0.277. The van der Waals surface area contributed by atoms with Crippen LogP contribution in [0.25, 0.3) is 0 Å². The van der Waals surface area contributed by atoms with Crippen LogP contribution in [-0.4, -0.2) is 57.8 Å². The minimum Gasteiger partial charge on any atom is -0.310 e. The van der Waals surface area contributed by atoms with Gasteiger partial charge in [-0.2, -0.15) is 4.31 Å². The predicted octanol–water partition coefficient (Wildman–Crippen LogP) is 1.58. The van der Waals surface area contributed by atoms with Gasteiger partial charge in [0.05, 0.1) is 16.5 Å². The smallest absolute Gasteiger partial charge is 0.244 e. The van der Waals surface area contributed by atoms with Crippen molar-refractivity contribution in [2.24, 2.45) is 0 Å². The summed E-state index contributed by atoms with van der Waals surface area (Å²) in [6, 6.07) is 5.10. The number of halogens is 1. The monoisotopic (exact) mass is 406 g/mol. The van der Waals surface area contributed by atoms with Crippen molar-refractivity contribution in [3.05, 3.63) is 28.8 Å². The van der Waals surface area contributed by atoms with Crippen LogP contribution in [0.4, 0.5) is 0 Å². The highest BCUT2D eigenvalue weighted by Gasteiger charge is 2.33. The molecule has 1 aromatic rings. The second-order valence-corrected chi connectivity index (χ2v) is 11.4. The Morgan fingerprint density at radius 1 is 1.16 bits per heavy atom. The number of benzene rings is 1. The van der Waals surface area contributed by atoms with Gasteiger partial charge in [-0.25, -0.2) is 16.8 Å². The van der Waals surface area contributed by atoms with Gasteiger partial charge in [-0.05, 0) is 43.9 Å². The van der Waals surface area contributed by atoms with E-state index in [2.05, 4.69) is 5.32 Å². The van der Waals surface area contributed by atoms with Crippen molar-refractivity contribution in [2.75, 3.05) is 24.6 Å². The molecule has 0 bridgehead atoms. The number of rotatable bonds is 4.